The minimum atomic E-state index is 0.526. The first-order valence-corrected chi connectivity index (χ1v) is 7.75. The summed E-state index contributed by atoms with van der Waals surface area (Å²) in [6.45, 7) is 3.19. The van der Waals surface area contributed by atoms with E-state index in [1.54, 1.807) is 7.11 Å². The van der Waals surface area contributed by atoms with Gasteiger partial charge in [0, 0.05) is 25.4 Å². The summed E-state index contributed by atoms with van der Waals surface area (Å²) in [5.41, 5.74) is 1.57. The van der Waals surface area contributed by atoms with Crippen molar-refractivity contribution in [2.24, 2.45) is 5.92 Å². The highest BCUT2D eigenvalue weighted by atomic mass is 35.5. The molecule has 2 aromatic heterocycles. The summed E-state index contributed by atoms with van der Waals surface area (Å²) in [5, 5.41) is 0. The third-order valence-corrected chi connectivity index (χ3v) is 4.21. The molecular weight excluding hydrogens is 290 g/mol. The molecule has 1 aliphatic rings. The van der Waals surface area contributed by atoms with Crippen molar-refractivity contribution < 1.29 is 4.74 Å². The second-order valence-electron chi connectivity index (χ2n) is 5.55. The third-order valence-electron chi connectivity index (χ3n) is 4.02. The Morgan fingerprint density at radius 3 is 2.95 bits per heavy atom. The van der Waals surface area contributed by atoms with Crippen LogP contribution in [0.15, 0.2) is 6.33 Å². The van der Waals surface area contributed by atoms with Crippen LogP contribution in [0.3, 0.4) is 0 Å². The molecule has 0 N–H and O–H groups in total. The zero-order chi connectivity index (χ0) is 14.8. The van der Waals surface area contributed by atoms with E-state index in [9.17, 15) is 0 Å². The summed E-state index contributed by atoms with van der Waals surface area (Å²) in [7, 11) is 3.77. The number of methoxy groups -OCH3 is 1. The number of ether oxygens (including phenoxy) is 1. The zero-order valence-corrected chi connectivity index (χ0v) is 13.2. The second kappa shape index (κ2) is 6.15. The first-order chi connectivity index (χ1) is 10.2. The first kappa shape index (κ1) is 14.5. The minimum absolute atomic E-state index is 0.526. The molecule has 21 heavy (non-hydrogen) atoms. The van der Waals surface area contributed by atoms with E-state index in [1.165, 1.54) is 12.7 Å². The number of nitrogens with zero attached hydrogens (tertiary/aromatic N) is 5. The van der Waals surface area contributed by atoms with E-state index in [2.05, 4.69) is 31.5 Å². The monoisotopic (exact) mass is 309 g/mol. The number of hydrogen-bond acceptors (Lipinski definition) is 5. The van der Waals surface area contributed by atoms with E-state index in [0.717, 1.165) is 43.0 Å². The third kappa shape index (κ3) is 2.82. The summed E-state index contributed by atoms with van der Waals surface area (Å²) in [4.78, 5) is 15.6. The standard InChI is InChI=1S/C14H20ClN5O/c1-19-6-4-10(7-19)8-20-11(3-5-15)18-12-13(20)16-9-17-14(12)21-2/h9-10H,3-8H2,1-2H3. The summed E-state index contributed by atoms with van der Waals surface area (Å²) in [5.74, 6) is 2.66. The van der Waals surface area contributed by atoms with Crippen molar-refractivity contribution in [3.05, 3.63) is 12.2 Å². The molecular formula is C14H20ClN5O. The van der Waals surface area contributed by atoms with Gasteiger partial charge in [0.15, 0.2) is 11.2 Å². The molecule has 0 radical (unpaired) electrons. The number of rotatable bonds is 5. The Bertz CT molecular complexity index is 629. The summed E-state index contributed by atoms with van der Waals surface area (Å²) < 4.78 is 7.48. The van der Waals surface area contributed by atoms with Crippen LogP contribution in [-0.4, -0.2) is 57.5 Å². The molecule has 1 aliphatic heterocycles. The number of halogens is 1. The number of fused-ring (bicyclic) bond motifs is 1. The molecule has 6 nitrogen and oxygen atoms in total. The Morgan fingerprint density at radius 2 is 2.29 bits per heavy atom. The van der Waals surface area contributed by atoms with Crippen molar-refractivity contribution in [3.8, 4) is 5.88 Å². The predicted molar refractivity (Wildman–Crippen MR) is 81.9 cm³/mol. The number of hydrogen-bond donors (Lipinski definition) is 0. The fourth-order valence-electron chi connectivity index (χ4n) is 3.01. The Kier molecular flexibility index (Phi) is 4.26. The van der Waals surface area contributed by atoms with Crippen molar-refractivity contribution in [1.82, 2.24) is 24.4 Å². The molecule has 1 saturated heterocycles. The fraction of sp³-hybridized carbons (Fsp3) is 0.643. The van der Waals surface area contributed by atoms with Crippen LogP contribution in [0.25, 0.3) is 11.2 Å². The molecule has 0 saturated carbocycles. The highest BCUT2D eigenvalue weighted by molar-refractivity contribution is 6.17. The van der Waals surface area contributed by atoms with Gasteiger partial charge in [0.25, 0.3) is 0 Å². The highest BCUT2D eigenvalue weighted by Crippen LogP contribution is 2.25. The molecule has 7 heteroatoms. The Balaban J connectivity index is 1.99. The predicted octanol–water partition coefficient (Wildman–Crippen LogP) is 1.57. The van der Waals surface area contributed by atoms with E-state index < -0.39 is 0 Å². The van der Waals surface area contributed by atoms with E-state index in [-0.39, 0.29) is 0 Å². The SMILES string of the molecule is COc1ncnc2c1nc(CCCl)n2CC1CCN(C)C1. The van der Waals surface area contributed by atoms with Gasteiger partial charge in [-0.2, -0.15) is 4.98 Å². The molecule has 3 heterocycles. The van der Waals surface area contributed by atoms with E-state index in [4.69, 9.17) is 16.3 Å². The lowest BCUT2D eigenvalue weighted by Gasteiger charge is -2.14. The molecule has 114 valence electrons. The Hall–Kier alpha value is -1.40. The smallest absolute Gasteiger partial charge is 0.245 e. The van der Waals surface area contributed by atoms with E-state index in [0.29, 0.717) is 17.7 Å². The lowest BCUT2D eigenvalue weighted by molar-refractivity contribution is 0.377. The average molecular weight is 310 g/mol. The number of imidazole rings is 1. The molecule has 0 aromatic carbocycles. The van der Waals surface area contributed by atoms with Gasteiger partial charge in [0.1, 0.15) is 12.2 Å². The van der Waals surface area contributed by atoms with Crippen molar-refractivity contribution in [2.45, 2.75) is 19.4 Å². The molecule has 1 fully saturated rings. The molecule has 0 aliphatic carbocycles. The molecule has 2 aromatic rings. The van der Waals surface area contributed by atoms with Gasteiger partial charge in [-0.05, 0) is 25.9 Å². The van der Waals surface area contributed by atoms with Crippen LogP contribution in [0.4, 0.5) is 0 Å². The molecule has 1 atom stereocenters. The van der Waals surface area contributed by atoms with Crippen molar-refractivity contribution in [1.29, 1.82) is 0 Å². The van der Waals surface area contributed by atoms with Gasteiger partial charge in [-0.25, -0.2) is 9.97 Å². The highest BCUT2D eigenvalue weighted by Gasteiger charge is 2.23. The van der Waals surface area contributed by atoms with Crippen LogP contribution >= 0.6 is 11.6 Å². The normalized spacial score (nSPS) is 19.5. The molecule has 0 amide bonds. The minimum Gasteiger partial charge on any atom is -0.479 e. The van der Waals surface area contributed by atoms with Crippen LogP contribution in [-0.2, 0) is 13.0 Å². The van der Waals surface area contributed by atoms with Crippen LogP contribution in [0.5, 0.6) is 5.88 Å². The maximum atomic E-state index is 5.92. The maximum absolute atomic E-state index is 5.92. The van der Waals surface area contributed by atoms with Gasteiger partial charge in [0.05, 0.1) is 7.11 Å². The van der Waals surface area contributed by atoms with Gasteiger partial charge in [0.2, 0.25) is 5.88 Å². The van der Waals surface area contributed by atoms with Gasteiger partial charge in [-0.1, -0.05) is 0 Å². The van der Waals surface area contributed by atoms with Gasteiger partial charge in [-0.15, -0.1) is 11.6 Å². The van der Waals surface area contributed by atoms with Gasteiger partial charge in [-0.3, -0.25) is 0 Å². The van der Waals surface area contributed by atoms with Crippen LogP contribution in [0.1, 0.15) is 12.2 Å². The summed E-state index contributed by atoms with van der Waals surface area (Å²) in [6.07, 6.45) is 3.47. The van der Waals surface area contributed by atoms with Crippen LogP contribution < -0.4 is 4.74 Å². The first-order valence-electron chi connectivity index (χ1n) is 7.21. The van der Waals surface area contributed by atoms with Crippen molar-refractivity contribution in [3.63, 3.8) is 0 Å². The van der Waals surface area contributed by atoms with Crippen molar-refractivity contribution >= 4 is 22.8 Å². The van der Waals surface area contributed by atoms with Crippen LogP contribution in [0.2, 0.25) is 0 Å². The van der Waals surface area contributed by atoms with Crippen LogP contribution in [0, 0.1) is 5.92 Å². The number of likely N-dealkylation sites (tertiary alicyclic amines) is 1. The van der Waals surface area contributed by atoms with Gasteiger partial charge < -0.3 is 14.2 Å². The zero-order valence-electron chi connectivity index (χ0n) is 12.4. The Labute approximate surface area is 129 Å². The largest absolute Gasteiger partial charge is 0.479 e. The fourth-order valence-corrected chi connectivity index (χ4v) is 3.18. The molecule has 0 bridgehead atoms. The summed E-state index contributed by atoms with van der Waals surface area (Å²) >= 11 is 5.92. The average Bonchev–Trinajstić information content (AvgIpc) is 3.04. The number of aromatic nitrogens is 4. The quantitative estimate of drug-likeness (QED) is 0.785. The molecule has 0 spiro atoms. The Morgan fingerprint density at radius 1 is 1.43 bits per heavy atom. The van der Waals surface area contributed by atoms with Crippen molar-refractivity contribution in [2.75, 3.05) is 33.1 Å². The lowest BCUT2D eigenvalue weighted by Crippen LogP contribution is -2.18. The molecule has 3 rings (SSSR count). The maximum Gasteiger partial charge on any atom is 0.245 e. The van der Waals surface area contributed by atoms with E-state index in [1.807, 2.05) is 0 Å². The topological polar surface area (TPSA) is 56.1 Å². The second-order valence-corrected chi connectivity index (χ2v) is 5.93. The number of alkyl halides is 1. The van der Waals surface area contributed by atoms with E-state index >= 15 is 0 Å². The van der Waals surface area contributed by atoms with Gasteiger partial charge >= 0.3 is 0 Å². The lowest BCUT2D eigenvalue weighted by atomic mass is 10.1. The summed E-state index contributed by atoms with van der Waals surface area (Å²) in [6, 6.07) is 0. The molecule has 1 unspecified atom stereocenters. The number of aryl methyl sites for hydroxylation is 1.